The van der Waals surface area contributed by atoms with Crippen LogP contribution >= 0.6 is 22.9 Å². The number of nitrogens with zero attached hydrogens (tertiary/aromatic N) is 7. The minimum Gasteiger partial charge on any atom is -0.391 e. The summed E-state index contributed by atoms with van der Waals surface area (Å²) >= 11 is 7.81. The zero-order chi connectivity index (χ0) is 58.9. The summed E-state index contributed by atoms with van der Waals surface area (Å²) in [6, 6.07) is 15.3. The highest BCUT2D eigenvalue weighted by Gasteiger charge is 2.45. The Hall–Kier alpha value is -6.15. The third-order valence-corrected chi connectivity index (χ3v) is 16.8. The molecule has 5 aromatic rings. The van der Waals surface area contributed by atoms with Gasteiger partial charge < -0.3 is 65.4 Å². The topological polar surface area (TPSA) is 272 Å². The Labute approximate surface area is 494 Å². The number of H-pyrrole nitrogens is 1. The van der Waals surface area contributed by atoms with Gasteiger partial charge in [0.25, 0.3) is 0 Å². The van der Waals surface area contributed by atoms with Gasteiger partial charge in [-0.05, 0) is 66.5 Å². The number of aryl methyl sites for hydroxylation is 1. The van der Waals surface area contributed by atoms with Crippen LogP contribution < -0.4 is 26.6 Å². The molecule has 4 atom stereocenters. The molecule has 8 rings (SSSR count). The van der Waals surface area contributed by atoms with Crippen molar-refractivity contribution >= 4 is 69.3 Å². The molecule has 83 heavy (non-hydrogen) atoms. The van der Waals surface area contributed by atoms with E-state index in [1.165, 1.54) is 4.90 Å². The highest BCUT2D eigenvalue weighted by atomic mass is 35.5. The number of anilines is 1. The van der Waals surface area contributed by atoms with Crippen LogP contribution in [0.4, 0.5) is 5.82 Å². The number of aliphatic hydroxyl groups is 1. The normalized spacial score (nSPS) is 18.3. The molecule has 3 aliphatic heterocycles. The number of likely N-dealkylation sites (tertiary alicyclic amines) is 1. The molecule has 2 unspecified atom stereocenters. The number of halogens is 1. The fraction of sp³-hybridized carbons (Fsp3) is 0.559. The summed E-state index contributed by atoms with van der Waals surface area (Å²) in [5, 5.41) is 21.2. The second-order valence-electron chi connectivity index (χ2n) is 22.6. The Bertz CT molecular complexity index is 2910. The van der Waals surface area contributed by atoms with Gasteiger partial charge in [0.2, 0.25) is 29.5 Å². The van der Waals surface area contributed by atoms with E-state index in [9.17, 15) is 29.1 Å². The standard InChI is InChI=1S/C59H81ClN12O10S/c1-40-51(83-39-66-40)43-7-5-41(6-8-43)36-63-55(76)48-35-45(73)37-72(48)56(77)52(58(2,3)4)68-49(74)15-27-79-29-31-81-33-34-82-32-30-80-28-16-50(75)70-25-23-69(24-26-70)20-14-47(42-9-11-44(60)12-10-42)67-57(78)59(61)17-21-71(22-18-59)54-46-13-19-62-53(46)64-38-65-54/h5-13,19,38-39,45,47-48,52,73H,14-18,20-37,61H2,1-4H3,(H,63,76)(H,67,78)(H,68,74)(H,62,64,65)/t45-,47?,48+,52?/m1/s1. The van der Waals surface area contributed by atoms with Gasteiger partial charge in [-0.25, -0.2) is 15.0 Å². The van der Waals surface area contributed by atoms with Crippen LogP contribution in [-0.4, -0.2) is 198 Å². The number of rotatable bonds is 28. The van der Waals surface area contributed by atoms with E-state index in [1.54, 1.807) is 17.7 Å². The van der Waals surface area contributed by atoms with Crippen molar-refractivity contribution in [2.45, 2.75) is 103 Å². The third kappa shape index (κ3) is 17.7. The van der Waals surface area contributed by atoms with Crippen LogP contribution in [0.5, 0.6) is 0 Å². The molecule has 0 bridgehead atoms. The number of aromatic amines is 1. The number of nitrogens with two attached hydrogens (primary N) is 1. The molecule has 24 heteroatoms. The first-order chi connectivity index (χ1) is 40.0. The fourth-order valence-corrected chi connectivity index (χ4v) is 11.5. The fourth-order valence-electron chi connectivity index (χ4n) is 10.6. The number of piperidine rings is 1. The predicted octanol–water partition coefficient (Wildman–Crippen LogP) is 4.39. The minimum absolute atomic E-state index is 0.0125. The van der Waals surface area contributed by atoms with E-state index in [1.807, 2.05) is 98.9 Å². The Morgan fingerprint density at radius 1 is 0.831 bits per heavy atom. The molecule has 22 nitrogen and oxygen atoms in total. The maximum Gasteiger partial charge on any atom is 0.246 e. The molecule has 3 aliphatic rings. The van der Waals surface area contributed by atoms with Crippen LogP contribution in [0.1, 0.15) is 82.2 Å². The zero-order valence-electron chi connectivity index (χ0n) is 48.1. The van der Waals surface area contributed by atoms with Gasteiger partial charge >= 0.3 is 0 Å². The average molecular weight is 1190 g/mol. The molecule has 7 N–H and O–H groups in total. The van der Waals surface area contributed by atoms with Crippen LogP contribution in [0.25, 0.3) is 21.5 Å². The van der Waals surface area contributed by atoms with E-state index in [2.05, 4.69) is 45.7 Å². The van der Waals surface area contributed by atoms with Crippen molar-refractivity contribution in [1.29, 1.82) is 0 Å². The number of hydrogen-bond donors (Lipinski definition) is 6. The second kappa shape index (κ2) is 30.1. The summed E-state index contributed by atoms with van der Waals surface area (Å²) < 4.78 is 22.6. The number of hydrogen-bond acceptors (Lipinski definition) is 17. The molecule has 3 aromatic heterocycles. The number of thiazole rings is 1. The second-order valence-corrected chi connectivity index (χ2v) is 23.9. The summed E-state index contributed by atoms with van der Waals surface area (Å²) in [4.78, 5) is 92.6. The summed E-state index contributed by atoms with van der Waals surface area (Å²) in [6.45, 7) is 14.6. The summed E-state index contributed by atoms with van der Waals surface area (Å²) in [5.41, 5.74) is 11.5. The highest BCUT2D eigenvalue weighted by Crippen LogP contribution is 2.31. The Kier molecular flexibility index (Phi) is 22.8. The molecule has 0 radical (unpaired) electrons. The van der Waals surface area contributed by atoms with Gasteiger partial charge in [-0.1, -0.05) is 68.8 Å². The molecular formula is C59H81ClN12O10S. The van der Waals surface area contributed by atoms with Crippen LogP contribution in [-0.2, 0) is 49.5 Å². The van der Waals surface area contributed by atoms with E-state index in [0.717, 1.165) is 50.7 Å². The third-order valence-electron chi connectivity index (χ3n) is 15.5. The molecule has 0 saturated carbocycles. The van der Waals surface area contributed by atoms with Crippen LogP contribution in [0.15, 0.2) is 72.6 Å². The molecule has 5 amide bonds. The van der Waals surface area contributed by atoms with Crippen molar-refractivity contribution in [1.82, 2.24) is 50.6 Å². The average Bonchev–Trinajstić information content (AvgIpc) is 4.32. The lowest BCUT2D eigenvalue weighted by Crippen LogP contribution is -2.60. The molecule has 450 valence electrons. The zero-order valence-corrected chi connectivity index (χ0v) is 49.7. The van der Waals surface area contributed by atoms with Gasteiger partial charge in [0.15, 0.2) is 0 Å². The number of nitrogens with one attached hydrogen (secondary N) is 4. The Morgan fingerprint density at radius 3 is 2.12 bits per heavy atom. The summed E-state index contributed by atoms with van der Waals surface area (Å²) in [6.07, 6.45) is 4.51. The predicted molar refractivity (Wildman–Crippen MR) is 316 cm³/mol. The molecule has 3 saturated heterocycles. The molecule has 3 fully saturated rings. The molecular weight excluding hydrogens is 1100 g/mol. The lowest BCUT2D eigenvalue weighted by Gasteiger charge is -2.39. The van der Waals surface area contributed by atoms with Gasteiger partial charge in [-0.15, -0.1) is 11.3 Å². The Balaban J connectivity index is 0.639. The van der Waals surface area contributed by atoms with Crippen molar-refractivity contribution in [2.75, 3.05) is 110 Å². The van der Waals surface area contributed by atoms with Gasteiger partial charge in [0, 0.05) is 83.0 Å². The number of carbonyl (C=O) groups is 5. The number of aromatic nitrogens is 4. The van der Waals surface area contributed by atoms with Crippen molar-refractivity contribution < 1.29 is 48.0 Å². The lowest BCUT2D eigenvalue weighted by molar-refractivity contribution is -0.144. The van der Waals surface area contributed by atoms with Gasteiger partial charge in [0.05, 0.1) is 98.4 Å². The minimum atomic E-state index is -1.03. The van der Waals surface area contributed by atoms with E-state index in [-0.39, 0.29) is 81.8 Å². The van der Waals surface area contributed by atoms with E-state index < -0.39 is 35.0 Å². The van der Waals surface area contributed by atoms with Crippen molar-refractivity contribution in [2.24, 2.45) is 11.1 Å². The van der Waals surface area contributed by atoms with Crippen molar-refractivity contribution in [3.8, 4) is 10.4 Å². The monoisotopic (exact) mass is 1180 g/mol. The van der Waals surface area contributed by atoms with Crippen LogP contribution in [0, 0.1) is 12.3 Å². The number of piperazine rings is 1. The van der Waals surface area contributed by atoms with Gasteiger partial charge in [0.1, 0.15) is 29.9 Å². The highest BCUT2D eigenvalue weighted by molar-refractivity contribution is 7.13. The Morgan fingerprint density at radius 2 is 1.48 bits per heavy atom. The lowest BCUT2D eigenvalue weighted by atomic mass is 9.85. The van der Waals surface area contributed by atoms with E-state index in [4.69, 9.17) is 36.3 Å². The number of benzene rings is 2. The molecule has 0 aliphatic carbocycles. The molecule has 2 aromatic carbocycles. The molecule has 0 spiro atoms. The van der Waals surface area contributed by atoms with Crippen molar-refractivity contribution in [3.05, 3.63) is 94.5 Å². The maximum atomic E-state index is 14.0. The number of β-amino-alcohol motifs (C(OH)–C–C–N with tert-alkyl or cyclic N) is 1. The number of aliphatic hydroxyl groups excluding tert-OH is 1. The summed E-state index contributed by atoms with van der Waals surface area (Å²) in [5.74, 6) is -0.476. The number of amides is 5. The number of fused-ring (bicyclic) bond motifs is 1. The smallest absolute Gasteiger partial charge is 0.246 e. The first-order valence-corrected chi connectivity index (χ1v) is 30.0. The summed E-state index contributed by atoms with van der Waals surface area (Å²) in [7, 11) is 0. The van der Waals surface area contributed by atoms with Crippen LogP contribution in [0.3, 0.4) is 0 Å². The largest absolute Gasteiger partial charge is 0.391 e. The van der Waals surface area contributed by atoms with E-state index >= 15 is 0 Å². The number of ether oxygens (including phenoxy) is 4. The van der Waals surface area contributed by atoms with E-state index in [0.29, 0.717) is 96.6 Å². The van der Waals surface area contributed by atoms with Crippen molar-refractivity contribution in [3.63, 3.8) is 0 Å². The van der Waals surface area contributed by atoms with Gasteiger partial charge in [-0.3, -0.25) is 28.9 Å². The quantitative estimate of drug-likeness (QED) is 0.0379. The first kappa shape index (κ1) is 62.9. The van der Waals surface area contributed by atoms with Gasteiger partial charge in [-0.2, -0.15) is 0 Å². The SMILES string of the molecule is Cc1ncsc1-c1ccc(CNC(=O)[C@@H]2C[C@@H](O)CN2C(=O)C(NC(=O)CCOCCOCCOCCOCCC(=O)N2CCN(CCC(NC(=O)C3(N)CCN(c4ncnc5[nH]ccc45)CC3)c3ccc(Cl)cc3)CC2)C(C)(C)C)cc1. The maximum absolute atomic E-state index is 14.0. The number of carbonyl (C=O) groups excluding carboxylic acids is 5. The first-order valence-electron chi connectivity index (χ1n) is 28.7. The molecule has 6 heterocycles. The van der Waals surface area contributed by atoms with Crippen LogP contribution in [0.2, 0.25) is 5.02 Å².